The van der Waals surface area contributed by atoms with Crippen molar-refractivity contribution in [3.8, 4) is 0 Å². The zero-order valence-corrected chi connectivity index (χ0v) is 6.81. The second kappa shape index (κ2) is 15.9. The Bertz CT molecular complexity index is 40.5. The Balaban J connectivity index is 0. The Hall–Kier alpha value is -0.340. The molecule has 0 amide bonds. The molecule has 0 aromatic carbocycles. The number of aliphatic hydroxyl groups excluding tert-OH is 1. The van der Waals surface area contributed by atoms with Crippen molar-refractivity contribution in [1.82, 2.24) is 0 Å². The second-order valence-electron chi connectivity index (χ2n) is 1.69. The normalized spacial score (nSPS) is 8.20. The van der Waals surface area contributed by atoms with E-state index in [0.717, 1.165) is 19.4 Å². The number of aliphatic hydroxyl groups is 1. The Morgan fingerprint density at radius 2 is 1.90 bits per heavy atom. The van der Waals surface area contributed by atoms with E-state index in [0.29, 0.717) is 6.61 Å². The van der Waals surface area contributed by atoms with Crippen LogP contribution < -0.4 is 0 Å². The summed E-state index contributed by atoms with van der Waals surface area (Å²) in [6.45, 7) is 9.53. The Morgan fingerprint density at radius 3 is 2.30 bits per heavy atom. The number of hydrogen-bond donors (Lipinski definition) is 1. The van der Waals surface area contributed by atoms with E-state index in [9.17, 15) is 0 Å². The lowest BCUT2D eigenvalue weighted by molar-refractivity contribution is 0.0904. The van der Waals surface area contributed by atoms with Gasteiger partial charge in [0.1, 0.15) is 0 Å². The van der Waals surface area contributed by atoms with Gasteiger partial charge in [0.25, 0.3) is 0 Å². The van der Waals surface area contributed by atoms with Gasteiger partial charge in [-0.15, -0.1) is 13.2 Å². The van der Waals surface area contributed by atoms with Crippen LogP contribution in [0.5, 0.6) is 0 Å². The van der Waals surface area contributed by atoms with Crippen molar-refractivity contribution in [3.63, 3.8) is 0 Å². The summed E-state index contributed by atoms with van der Waals surface area (Å²) in [7, 11) is 0. The fraction of sp³-hybridized carbons (Fsp3) is 0.750. The van der Waals surface area contributed by atoms with Crippen molar-refractivity contribution in [2.45, 2.75) is 19.8 Å². The van der Waals surface area contributed by atoms with Gasteiger partial charge in [-0.3, -0.25) is 0 Å². The van der Waals surface area contributed by atoms with Gasteiger partial charge >= 0.3 is 0 Å². The van der Waals surface area contributed by atoms with Crippen molar-refractivity contribution >= 4 is 0 Å². The van der Waals surface area contributed by atoms with Crippen LogP contribution in [0.4, 0.5) is 0 Å². The van der Waals surface area contributed by atoms with Gasteiger partial charge in [-0.1, -0.05) is 13.3 Å². The maximum Gasteiger partial charge on any atom is 0.0697 e. The molecule has 62 valence electrons. The molecule has 0 aliphatic carbocycles. The topological polar surface area (TPSA) is 29.5 Å². The molecule has 0 saturated heterocycles. The molecule has 0 aromatic rings. The summed E-state index contributed by atoms with van der Waals surface area (Å²) in [4.78, 5) is 0. The first kappa shape index (κ1) is 12.3. The highest BCUT2D eigenvalue weighted by Gasteiger charge is 1.82. The second-order valence-corrected chi connectivity index (χ2v) is 1.69. The zero-order chi connectivity index (χ0) is 8.24. The standard InChI is InChI=1S/C6H14O2.C2H4/c1-2-3-5-8-6-4-7;1-2/h7H,2-6H2,1H3;1-2H2. The van der Waals surface area contributed by atoms with Crippen LogP contribution in [0.1, 0.15) is 19.8 Å². The molecule has 0 spiro atoms. The van der Waals surface area contributed by atoms with E-state index in [-0.39, 0.29) is 6.61 Å². The Labute approximate surface area is 63.5 Å². The first-order valence-electron chi connectivity index (χ1n) is 3.60. The van der Waals surface area contributed by atoms with Crippen LogP contribution in [0.15, 0.2) is 13.2 Å². The lowest BCUT2D eigenvalue weighted by atomic mass is 10.4. The largest absolute Gasteiger partial charge is 0.394 e. The number of rotatable bonds is 5. The zero-order valence-electron chi connectivity index (χ0n) is 6.81. The summed E-state index contributed by atoms with van der Waals surface area (Å²) < 4.78 is 4.97. The van der Waals surface area contributed by atoms with Crippen molar-refractivity contribution in [2.75, 3.05) is 19.8 Å². The van der Waals surface area contributed by atoms with Crippen molar-refractivity contribution in [3.05, 3.63) is 13.2 Å². The molecule has 0 aliphatic heterocycles. The average molecular weight is 146 g/mol. The molecule has 0 radical (unpaired) electrons. The summed E-state index contributed by atoms with van der Waals surface area (Å²) in [6, 6.07) is 0. The van der Waals surface area contributed by atoms with Crippen LogP contribution in [0.25, 0.3) is 0 Å². The highest BCUT2D eigenvalue weighted by Crippen LogP contribution is 1.85. The van der Waals surface area contributed by atoms with Crippen molar-refractivity contribution in [1.29, 1.82) is 0 Å². The van der Waals surface area contributed by atoms with Gasteiger partial charge < -0.3 is 9.84 Å². The molecule has 0 unspecified atom stereocenters. The van der Waals surface area contributed by atoms with Crippen LogP contribution in [0.3, 0.4) is 0 Å². The van der Waals surface area contributed by atoms with Gasteiger partial charge in [-0.05, 0) is 6.42 Å². The third kappa shape index (κ3) is 15.6. The molecule has 0 aliphatic rings. The molecule has 0 atom stereocenters. The highest BCUT2D eigenvalue weighted by molar-refractivity contribution is 4.30. The Morgan fingerprint density at radius 1 is 1.30 bits per heavy atom. The fourth-order valence-corrected chi connectivity index (χ4v) is 0.413. The molecule has 10 heavy (non-hydrogen) atoms. The van der Waals surface area contributed by atoms with Crippen molar-refractivity contribution in [2.24, 2.45) is 0 Å². The SMILES string of the molecule is C=C.CCCCOCCO. The van der Waals surface area contributed by atoms with E-state index in [1.165, 1.54) is 0 Å². The summed E-state index contributed by atoms with van der Waals surface area (Å²) in [5.74, 6) is 0. The average Bonchev–Trinajstić information content (AvgIpc) is 2.02. The van der Waals surface area contributed by atoms with Gasteiger partial charge in [0, 0.05) is 6.61 Å². The number of hydrogen-bond acceptors (Lipinski definition) is 2. The van der Waals surface area contributed by atoms with Crippen LogP contribution in [-0.4, -0.2) is 24.9 Å². The molecule has 1 N–H and O–H groups in total. The minimum absolute atomic E-state index is 0.143. The van der Waals surface area contributed by atoms with Gasteiger partial charge in [0.2, 0.25) is 0 Å². The number of unbranched alkanes of at least 4 members (excludes halogenated alkanes) is 1. The van der Waals surface area contributed by atoms with Crippen molar-refractivity contribution < 1.29 is 9.84 Å². The van der Waals surface area contributed by atoms with Crippen LogP contribution in [0, 0.1) is 0 Å². The molecule has 2 heteroatoms. The summed E-state index contributed by atoms with van der Waals surface area (Å²) in [5, 5.41) is 8.24. The molecule has 0 fully saturated rings. The van der Waals surface area contributed by atoms with E-state index in [4.69, 9.17) is 9.84 Å². The predicted octanol–water partition coefficient (Wildman–Crippen LogP) is 1.60. The lowest BCUT2D eigenvalue weighted by Crippen LogP contribution is -1.99. The maximum absolute atomic E-state index is 8.24. The molecule has 0 rings (SSSR count). The predicted molar refractivity (Wildman–Crippen MR) is 44.1 cm³/mol. The molecule has 0 saturated carbocycles. The highest BCUT2D eigenvalue weighted by atomic mass is 16.5. The third-order valence-electron chi connectivity index (χ3n) is 0.878. The lowest BCUT2D eigenvalue weighted by Gasteiger charge is -1.97. The van der Waals surface area contributed by atoms with Crippen LogP contribution >= 0.6 is 0 Å². The minimum atomic E-state index is 0.143. The monoisotopic (exact) mass is 146 g/mol. The first-order valence-corrected chi connectivity index (χ1v) is 3.60. The van der Waals surface area contributed by atoms with E-state index >= 15 is 0 Å². The minimum Gasteiger partial charge on any atom is -0.394 e. The molecule has 0 aromatic heterocycles. The molecule has 0 bridgehead atoms. The van der Waals surface area contributed by atoms with E-state index in [2.05, 4.69) is 20.1 Å². The maximum atomic E-state index is 8.24. The third-order valence-corrected chi connectivity index (χ3v) is 0.878. The van der Waals surface area contributed by atoms with E-state index < -0.39 is 0 Å². The van der Waals surface area contributed by atoms with Gasteiger partial charge in [0.05, 0.1) is 13.2 Å². The van der Waals surface area contributed by atoms with E-state index in [1.807, 2.05) is 0 Å². The molecule has 2 nitrogen and oxygen atoms in total. The van der Waals surface area contributed by atoms with Gasteiger partial charge in [-0.2, -0.15) is 0 Å². The summed E-state index contributed by atoms with van der Waals surface area (Å²) >= 11 is 0. The molecular formula is C8H18O2. The first-order chi connectivity index (χ1) is 4.91. The van der Waals surface area contributed by atoms with Crippen LogP contribution in [-0.2, 0) is 4.74 Å². The van der Waals surface area contributed by atoms with Crippen LogP contribution in [0.2, 0.25) is 0 Å². The summed E-state index contributed by atoms with van der Waals surface area (Å²) in [5.41, 5.74) is 0. The summed E-state index contributed by atoms with van der Waals surface area (Å²) in [6.07, 6.45) is 2.26. The fourth-order valence-electron chi connectivity index (χ4n) is 0.413. The van der Waals surface area contributed by atoms with Gasteiger partial charge in [-0.25, -0.2) is 0 Å². The van der Waals surface area contributed by atoms with E-state index in [1.54, 1.807) is 0 Å². The Kier molecular flexibility index (Phi) is 19.6. The smallest absolute Gasteiger partial charge is 0.0697 e. The quantitative estimate of drug-likeness (QED) is 0.471. The number of ether oxygens (including phenoxy) is 1. The molecule has 0 heterocycles. The molecular weight excluding hydrogens is 128 g/mol. The van der Waals surface area contributed by atoms with Gasteiger partial charge in [0.15, 0.2) is 0 Å².